The summed E-state index contributed by atoms with van der Waals surface area (Å²) in [5.41, 5.74) is 1.91. The maximum atomic E-state index is 13.4. The number of carbonyl (C=O) groups is 5. The second-order valence-electron chi connectivity index (χ2n) is 9.62. The molecular formula is C28H32N4O12S. The van der Waals surface area contributed by atoms with Gasteiger partial charge in [-0.25, -0.2) is 4.68 Å². The molecule has 242 valence electrons. The highest BCUT2D eigenvalue weighted by Gasteiger charge is 2.53. The molecule has 1 aliphatic heterocycles. The summed E-state index contributed by atoms with van der Waals surface area (Å²) in [7, 11) is 1.52. The molecule has 0 aliphatic carbocycles. The van der Waals surface area contributed by atoms with Crippen LogP contribution in [-0.2, 0) is 47.7 Å². The van der Waals surface area contributed by atoms with Gasteiger partial charge < -0.3 is 28.4 Å². The SMILES string of the molecule is COc1ccc(/C=C/c2nn([C@@H]3O[C@H](COC(C)=O)[C@@H](OC(C)=O)[C@H](OC(C)=O)[C@H]3OC(C)=O)c(=S)n(NC(C)=O)c2=O)cc1. The van der Waals surface area contributed by atoms with Crippen LogP contribution in [0.5, 0.6) is 5.75 Å². The minimum absolute atomic E-state index is 0.249. The van der Waals surface area contributed by atoms with Crippen molar-refractivity contribution in [3.05, 3.63) is 50.6 Å². The summed E-state index contributed by atoms with van der Waals surface area (Å²) >= 11 is 5.49. The number of aromatic nitrogens is 3. The maximum absolute atomic E-state index is 13.4. The van der Waals surface area contributed by atoms with Crippen molar-refractivity contribution >= 4 is 54.2 Å². The average Bonchev–Trinajstić information content (AvgIpc) is 2.95. The maximum Gasteiger partial charge on any atom is 0.303 e. The smallest absolute Gasteiger partial charge is 0.303 e. The standard InChI is InChI=1S/C28H32N4O12S/c1-14(33)29-31-26(38)21(12-9-19-7-10-20(39-6)11-8-19)30-32(28(31)45)27-25(43-18(5)37)24(42-17(4)36)23(41-16(3)35)22(44-27)13-40-15(2)34/h7-12,22-25,27H,13H2,1-6H3,(H,29,33)/b12-9+/t22-,23-,24+,25-,27-/m1/s1. The van der Waals surface area contributed by atoms with E-state index >= 15 is 0 Å². The Hall–Kier alpha value is -4.90. The molecule has 1 fully saturated rings. The van der Waals surface area contributed by atoms with Gasteiger partial charge in [-0.3, -0.25) is 34.2 Å². The molecule has 1 aromatic heterocycles. The van der Waals surface area contributed by atoms with Gasteiger partial charge in [0.2, 0.25) is 10.7 Å². The Morgan fingerprint density at radius 1 is 0.889 bits per heavy atom. The Morgan fingerprint density at radius 3 is 2.00 bits per heavy atom. The topological polar surface area (TPSA) is 193 Å². The highest BCUT2D eigenvalue weighted by atomic mass is 32.1. The van der Waals surface area contributed by atoms with Gasteiger partial charge in [0.05, 0.1) is 7.11 Å². The predicted molar refractivity (Wildman–Crippen MR) is 156 cm³/mol. The van der Waals surface area contributed by atoms with E-state index in [1.165, 1.54) is 13.2 Å². The quantitative estimate of drug-likeness (QED) is 0.220. The molecule has 45 heavy (non-hydrogen) atoms. The first kappa shape index (κ1) is 34.6. The molecule has 16 nitrogen and oxygen atoms in total. The highest BCUT2D eigenvalue weighted by Crippen LogP contribution is 2.34. The number of ether oxygens (including phenoxy) is 6. The number of nitrogens with zero attached hydrogens (tertiary/aromatic N) is 3. The molecule has 0 unspecified atom stereocenters. The molecule has 1 aromatic carbocycles. The summed E-state index contributed by atoms with van der Waals surface area (Å²) in [5.74, 6) is -3.27. The van der Waals surface area contributed by atoms with Crippen LogP contribution >= 0.6 is 12.2 Å². The van der Waals surface area contributed by atoms with E-state index in [0.29, 0.717) is 11.3 Å². The summed E-state index contributed by atoms with van der Waals surface area (Å²) in [6.07, 6.45) is -4.53. The van der Waals surface area contributed by atoms with Gasteiger partial charge in [0.15, 0.2) is 30.2 Å². The van der Waals surface area contributed by atoms with Crippen molar-refractivity contribution in [2.75, 3.05) is 19.1 Å². The van der Waals surface area contributed by atoms with Crippen LogP contribution in [-0.4, -0.2) is 82.4 Å². The molecule has 2 heterocycles. The van der Waals surface area contributed by atoms with Crippen molar-refractivity contribution in [2.45, 2.75) is 65.3 Å². The minimum Gasteiger partial charge on any atom is -0.497 e. The number of amides is 1. The Kier molecular flexibility index (Phi) is 11.7. The first-order chi connectivity index (χ1) is 21.2. The third-order valence-corrected chi connectivity index (χ3v) is 6.42. The molecule has 0 saturated carbocycles. The number of methoxy groups -OCH3 is 1. The molecule has 1 saturated heterocycles. The Bertz CT molecular complexity index is 1600. The van der Waals surface area contributed by atoms with Crippen LogP contribution < -0.4 is 15.7 Å². The van der Waals surface area contributed by atoms with E-state index in [2.05, 4.69) is 10.5 Å². The number of carbonyl (C=O) groups excluding carboxylic acids is 5. The van der Waals surface area contributed by atoms with Crippen molar-refractivity contribution in [2.24, 2.45) is 0 Å². The molecule has 1 aliphatic rings. The number of hydrogen-bond acceptors (Lipinski definition) is 14. The summed E-state index contributed by atoms with van der Waals surface area (Å²) in [4.78, 5) is 73.7. The van der Waals surface area contributed by atoms with Crippen molar-refractivity contribution in [3.63, 3.8) is 0 Å². The molecule has 2 aromatic rings. The molecule has 0 radical (unpaired) electrons. The molecule has 1 N–H and O–H groups in total. The third kappa shape index (κ3) is 9.05. The minimum atomic E-state index is -1.58. The highest BCUT2D eigenvalue weighted by molar-refractivity contribution is 7.71. The Morgan fingerprint density at radius 2 is 1.47 bits per heavy atom. The zero-order chi connectivity index (χ0) is 33.4. The lowest BCUT2D eigenvalue weighted by Crippen LogP contribution is -2.61. The van der Waals surface area contributed by atoms with Crippen LogP contribution in [0.3, 0.4) is 0 Å². The van der Waals surface area contributed by atoms with E-state index in [1.807, 2.05) is 0 Å². The number of benzene rings is 1. The monoisotopic (exact) mass is 648 g/mol. The normalized spacial score (nSPS) is 21.0. The van der Waals surface area contributed by atoms with Crippen LogP contribution in [0.2, 0.25) is 0 Å². The summed E-state index contributed by atoms with van der Waals surface area (Å²) in [6, 6.07) is 6.84. The average molecular weight is 649 g/mol. The summed E-state index contributed by atoms with van der Waals surface area (Å²) < 4.78 is 34.0. The van der Waals surface area contributed by atoms with E-state index in [-0.39, 0.29) is 5.69 Å². The van der Waals surface area contributed by atoms with Gasteiger partial charge in [0.1, 0.15) is 18.5 Å². The molecule has 1 amide bonds. The molecular weight excluding hydrogens is 616 g/mol. The molecule has 17 heteroatoms. The van der Waals surface area contributed by atoms with Crippen molar-refractivity contribution in [3.8, 4) is 5.75 Å². The predicted octanol–water partition coefficient (Wildman–Crippen LogP) is 1.30. The third-order valence-electron chi connectivity index (χ3n) is 6.05. The molecule has 0 bridgehead atoms. The van der Waals surface area contributed by atoms with E-state index in [9.17, 15) is 28.8 Å². The van der Waals surface area contributed by atoms with Gasteiger partial charge in [-0.15, -0.1) is 0 Å². The largest absolute Gasteiger partial charge is 0.497 e. The lowest BCUT2D eigenvalue weighted by Gasteiger charge is -2.44. The molecule has 5 atom stereocenters. The van der Waals surface area contributed by atoms with E-state index in [1.54, 1.807) is 30.3 Å². The van der Waals surface area contributed by atoms with Crippen molar-refractivity contribution in [1.82, 2.24) is 14.5 Å². The number of rotatable bonds is 10. The Labute approximate surface area is 261 Å². The fourth-order valence-corrected chi connectivity index (χ4v) is 4.60. The van der Waals surface area contributed by atoms with Crippen LogP contribution in [0.15, 0.2) is 29.1 Å². The van der Waals surface area contributed by atoms with Crippen molar-refractivity contribution < 1.29 is 52.4 Å². The first-order valence-corrected chi connectivity index (χ1v) is 13.8. The fourth-order valence-electron chi connectivity index (χ4n) is 4.32. The van der Waals surface area contributed by atoms with E-state index in [0.717, 1.165) is 44.0 Å². The van der Waals surface area contributed by atoms with Gasteiger partial charge in [-0.05, 0) is 36.0 Å². The van der Waals surface area contributed by atoms with Crippen LogP contribution in [0.1, 0.15) is 52.1 Å². The zero-order valence-corrected chi connectivity index (χ0v) is 26.0. The molecule has 3 rings (SSSR count). The van der Waals surface area contributed by atoms with Gasteiger partial charge in [-0.2, -0.15) is 9.77 Å². The lowest BCUT2D eigenvalue weighted by atomic mass is 9.97. The van der Waals surface area contributed by atoms with E-state index in [4.69, 9.17) is 40.6 Å². The number of esters is 4. The van der Waals surface area contributed by atoms with Gasteiger partial charge in [0.25, 0.3) is 5.56 Å². The fraction of sp³-hybridized carbons (Fsp3) is 0.429. The number of nitrogens with one attached hydrogen (secondary N) is 1. The van der Waals surface area contributed by atoms with Crippen LogP contribution in [0.4, 0.5) is 0 Å². The van der Waals surface area contributed by atoms with Gasteiger partial charge in [-0.1, -0.05) is 18.2 Å². The Balaban J connectivity index is 2.26. The summed E-state index contributed by atoms with van der Waals surface area (Å²) in [5, 5.41) is 4.34. The second kappa shape index (κ2) is 15.2. The molecule has 0 spiro atoms. The first-order valence-electron chi connectivity index (χ1n) is 13.4. The van der Waals surface area contributed by atoms with Crippen molar-refractivity contribution in [1.29, 1.82) is 0 Å². The van der Waals surface area contributed by atoms with Gasteiger partial charge in [0, 0.05) is 34.6 Å². The van der Waals surface area contributed by atoms with Crippen LogP contribution in [0.25, 0.3) is 12.2 Å². The lowest BCUT2D eigenvalue weighted by molar-refractivity contribution is -0.271. The summed E-state index contributed by atoms with van der Waals surface area (Å²) in [6.45, 7) is 5.01. The number of hydrogen-bond donors (Lipinski definition) is 1. The van der Waals surface area contributed by atoms with Gasteiger partial charge >= 0.3 is 23.9 Å². The van der Waals surface area contributed by atoms with Crippen LogP contribution in [0, 0.1) is 4.77 Å². The van der Waals surface area contributed by atoms with E-state index < -0.39 is 77.4 Å². The zero-order valence-electron chi connectivity index (χ0n) is 25.2. The second-order valence-corrected chi connectivity index (χ2v) is 9.98.